The van der Waals surface area contributed by atoms with Gasteiger partial charge in [-0.05, 0) is 49.1 Å². The van der Waals surface area contributed by atoms with Crippen molar-refractivity contribution >= 4 is 29.3 Å². The summed E-state index contributed by atoms with van der Waals surface area (Å²) in [4.78, 5) is 25.5. The number of carbonyl (C=O) groups excluding carboxylic acids is 2. The van der Waals surface area contributed by atoms with Crippen LogP contribution in [-0.4, -0.2) is 32.3 Å². The van der Waals surface area contributed by atoms with Gasteiger partial charge in [-0.25, -0.2) is 0 Å². The summed E-state index contributed by atoms with van der Waals surface area (Å²) in [6, 6.07) is 15.0. The van der Waals surface area contributed by atoms with Crippen molar-refractivity contribution in [3.63, 3.8) is 0 Å². The minimum Gasteiger partial charge on any atom is -0.342 e. The Balaban J connectivity index is 1.73. The lowest BCUT2D eigenvalue weighted by atomic mass is 10.0. The molecule has 0 saturated heterocycles. The first-order valence-corrected chi connectivity index (χ1v) is 12.7. The van der Waals surface area contributed by atoms with Crippen LogP contribution in [-0.2, 0) is 17.8 Å². The van der Waals surface area contributed by atoms with Crippen LogP contribution < -0.4 is 10.6 Å². The molecule has 1 aromatic heterocycles. The van der Waals surface area contributed by atoms with Gasteiger partial charge < -0.3 is 15.2 Å². The summed E-state index contributed by atoms with van der Waals surface area (Å²) in [5, 5.41) is 15.4. The Bertz CT molecular complexity index is 1170. The van der Waals surface area contributed by atoms with Crippen molar-refractivity contribution in [2.45, 2.75) is 51.9 Å². The predicted molar refractivity (Wildman–Crippen MR) is 142 cm³/mol. The van der Waals surface area contributed by atoms with Gasteiger partial charge in [-0.2, -0.15) is 0 Å². The Hall–Kier alpha value is -3.39. The quantitative estimate of drug-likeness (QED) is 0.285. The molecule has 3 aromatic rings. The number of hydrogen-bond donors (Lipinski definition) is 2. The van der Waals surface area contributed by atoms with Crippen LogP contribution in [0.2, 0.25) is 0 Å². The summed E-state index contributed by atoms with van der Waals surface area (Å²) in [7, 11) is 0. The number of anilines is 1. The average molecular weight is 492 g/mol. The van der Waals surface area contributed by atoms with E-state index >= 15 is 0 Å². The number of rotatable bonds is 11. The topological polar surface area (TPSA) is 88.9 Å². The molecule has 2 amide bonds. The summed E-state index contributed by atoms with van der Waals surface area (Å²) in [5.41, 5.74) is 3.60. The van der Waals surface area contributed by atoms with Crippen molar-refractivity contribution in [1.82, 2.24) is 20.1 Å². The highest BCUT2D eigenvalue weighted by atomic mass is 32.2. The third-order valence-corrected chi connectivity index (χ3v) is 6.51. The number of allylic oxidation sites excluding steroid dienone is 1. The van der Waals surface area contributed by atoms with E-state index in [9.17, 15) is 9.59 Å². The zero-order valence-corrected chi connectivity index (χ0v) is 21.6. The lowest BCUT2D eigenvalue weighted by Crippen LogP contribution is -2.34. The van der Waals surface area contributed by atoms with E-state index in [1.807, 2.05) is 67.8 Å². The predicted octanol–water partition coefficient (Wildman–Crippen LogP) is 5.19. The van der Waals surface area contributed by atoms with Gasteiger partial charge in [0, 0.05) is 17.8 Å². The van der Waals surface area contributed by atoms with Gasteiger partial charge in [-0.15, -0.1) is 16.8 Å². The fourth-order valence-corrected chi connectivity index (χ4v) is 4.38. The number of thioether (sulfide) groups is 1. The number of aromatic nitrogens is 3. The standard InChI is InChI=1S/C27H33N5O2S/c1-6-15-32-25(24(18(3)4)29-26(34)21-10-8-9-19(5)16-21)30-31-27(32)35-17-23(33)28-22-13-11-20(7-2)12-14-22/h6,8-14,16,18,24H,1,7,15,17H2,2-5H3,(H,28,33)(H,29,34)/t24-/m1/s1. The van der Waals surface area contributed by atoms with Gasteiger partial charge in [0.25, 0.3) is 5.91 Å². The SMILES string of the molecule is C=CCn1c(SCC(=O)Nc2ccc(CC)cc2)nnc1[C@H](NC(=O)c1cccc(C)c1)C(C)C. The molecular weight excluding hydrogens is 458 g/mol. The molecule has 2 aromatic carbocycles. The minimum absolute atomic E-state index is 0.0729. The minimum atomic E-state index is -0.351. The van der Waals surface area contributed by atoms with Gasteiger partial charge in [0.2, 0.25) is 5.91 Å². The molecule has 0 fully saturated rings. The van der Waals surface area contributed by atoms with Crippen molar-refractivity contribution < 1.29 is 9.59 Å². The molecule has 2 N–H and O–H groups in total. The number of aryl methyl sites for hydroxylation is 2. The summed E-state index contributed by atoms with van der Waals surface area (Å²) in [6.45, 7) is 12.4. The van der Waals surface area contributed by atoms with Gasteiger partial charge >= 0.3 is 0 Å². The van der Waals surface area contributed by atoms with Gasteiger partial charge in [-0.1, -0.05) is 68.4 Å². The zero-order valence-electron chi connectivity index (χ0n) is 20.7. The zero-order chi connectivity index (χ0) is 25.4. The number of benzene rings is 2. The fourth-order valence-electron chi connectivity index (χ4n) is 3.63. The molecule has 3 rings (SSSR count). The van der Waals surface area contributed by atoms with Crippen LogP contribution in [0.5, 0.6) is 0 Å². The van der Waals surface area contributed by atoms with E-state index in [1.165, 1.54) is 17.3 Å². The summed E-state index contributed by atoms with van der Waals surface area (Å²) in [6.07, 6.45) is 2.71. The van der Waals surface area contributed by atoms with E-state index in [0.717, 1.165) is 17.7 Å². The summed E-state index contributed by atoms with van der Waals surface area (Å²) >= 11 is 1.31. The van der Waals surface area contributed by atoms with E-state index in [1.54, 1.807) is 12.1 Å². The Kier molecular flexibility index (Phi) is 9.25. The van der Waals surface area contributed by atoms with Crippen LogP contribution in [0.1, 0.15) is 54.1 Å². The Morgan fingerprint density at radius 3 is 2.51 bits per heavy atom. The lowest BCUT2D eigenvalue weighted by molar-refractivity contribution is -0.113. The summed E-state index contributed by atoms with van der Waals surface area (Å²) in [5.74, 6) is 0.611. The van der Waals surface area contributed by atoms with Crippen LogP contribution in [0.25, 0.3) is 0 Å². The second-order valence-electron chi connectivity index (χ2n) is 8.69. The highest BCUT2D eigenvalue weighted by Gasteiger charge is 2.26. The highest BCUT2D eigenvalue weighted by molar-refractivity contribution is 7.99. The Morgan fingerprint density at radius 2 is 1.89 bits per heavy atom. The van der Waals surface area contributed by atoms with E-state index in [0.29, 0.717) is 23.1 Å². The number of carbonyl (C=O) groups is 2. The normalized spacial score (nSPS) is 11.8. The van der Waals surface area contributed by atoms with Crippen LogP contribution in [0.4, 0.5) is 5.69 Å². The Labute approximate surface area is 211 Å². The molecule has 0 radical (unpaired) electrons. The molecule has 35 heavy (non-hydrogen) atoms. The first kappa shape index (κ1) is 26.2. The molecular formula is C27H33N5O2S. The van der Waals surface area contributed by atoms with Gasteiger partial charge in [0.05, 0.1) is 11.8 Å². The molecule has 0 spiro atoms. The Morgan fingerprint density at radius 1 is 1.14 bits per heavy atom. The van der Waals surface area contributed by atoms with Crippen molar-refractivity contribution in [2.75, 3.05) is 11.1 Å². The van der Waals surface area contributed by atoms with Crippen molar-refractivity contribution in [3.05, 3.63) is 83.7 Å². The molecule has 0 aliphatic heterocycles. The van der Waals surface area contributed by atoms with E-state index in [4.69, 9.17) is 0 Å². The number of hydrogen-bond acceptors (Lipinski definition) is 5. The molecule has 184 valence electrons. The van der Waals surface area contributed by atoms with E-state index in [-0.39, 0.29) is 29.5 Å². The molecule has 0 saturated carbocycles. The van der Waals surface area contributed by atoms with Crippen LogP contribution in [0.15, 0.2) is 66.3 Å². The van der Waals surface area contributed by atoms with Gasteiger partial charge in [-0.3, -0.25) is 9.59 Å². The lowest BCUT2D eigenvalue weighted by Gasteiger charge is -2.22. The molecule has 7 nitrogen and oxygen atoms in total. The molecule has 1 atom stereocenters. The third-order valence-electron chi connectivity index (χ3n) is 5.55. The van der Waals surface area contributed by atoms with Crippen molar-refractivity contribution in [3.8, 4) is 0 Å². The van der Waals surface area contributed by atoms with Crippen LogP contribution in [0, 0.1) is 12.8 Å². The van der Waals surface area contributed by atoms with Crippen molar-refractivity contribution in [1.29, 1.82) is 0 Å². The number of nitrogens with one attached hydrogen (secondary N) is 2. The maximum absolute atomic E-state index is 12.9. The average Bonchev–Trinajstić information content (AvgIpc) is 3.23. The van der Waals surface area contributed by atoms with Gasteiger partial charge in [0.1, 0.15) is 0 Å². The molecule has 1 heterocycles. The smallest absolute Gasteiger partial charge is 0.251 e. The fraction of sp³-hybridized carbons (Fsp3) is 0.333. The monoisotopic (exact) mass is 491 g/mol. The summed E-state index contributed by atoms with van der Waals surface area (Å²) < 4.78 is 1.90. The van der Waals surface area contributed by atoms with E-state index < -0.39 is 0 Å². The van der Waals surface area contributed by atoms with Gasteiger partial charge in [0.15, 0.2) is 11.0 Å². The highest BCUT2D eigenvalue weighted by Crippen LogP contribution is 2.26. The van der Waals surface area contributed by atoms with Crippen LogP contribution >= 0.6 is 11.8 Å². The first-order valence-electron chi connectivity index (χ1n) is 11.8. The van der Waals surface area contributed by atoms with Crippen molar-refractivity contribution in [2.24, 2.45) is 5.92 Å². The maximum atomic E-state index is 12.9. The number of amides is 2. The second kappa shape index (κ2) is 12.4. The second-order valence-corrected chi connectivity index (χ2v) is 9.63. The maximum Gasteiger partial charge on any atom is 0.251 e. The first-order chi connectivity index (χ1) is 16.8. The number of nitrogens with zero attached hydrogens (tertiary/aromatic N) is 3. The third kappa shape index (κ3) is 7.05. The largest absolute Gasteiger partial charge is 0.342 e. The molecule has 0 aliphatic carbocycles. The molecule has 0 bridgehead atoms. The van der Waals surface area contributed by atoms with E-state index in [2.05, 4.69) is 34.3 Å². The van der Waals surface area contributed by atoms with Crippen LogP contribution in [0.3, 0.4) is 0 Å². The molecule has 8 heteroatoms. The molecule has 0 unspecified atom stereocenters. The molecule has 0 aliphatic rings.